The lowest BCUT2D eigenvalue weighted by Gasteiger charge is -2.21. The summed E-state index contributed by atoms with van der Waals surface area (Å²) in [6.07, 6.45) is 6.54. The summed E-state index contributed by atoms with van der Waals surface area (Å²) in [7, 11) is 0. The Bertz CT molecular complexity index is 305. The van der Waals surface area contributed by atoms with E-state index in [1.54, 1.807) is 6.20 Å². The number of carbonyl (C=O) groups is 1. The Kier molecular flexibility index (Phi) is 3.99. The van der Waals surface area contributed by atoms with Gasteiger partial charge in [-0.15, -0.1) is 0 Å². The Hall–Kier alpha value is -1.20. The van der Waals surface area contributed by atoms with E-state index in [0.29, 0.717) is 6.42 Å². The zero-order chi connectivity index (χ0) is 11.3. The van der Waals surface area contributed by atoms with Crippen molar-refractivity contribution in [2.75, 3.05) is 0 Å². The molecule has 1 aromatic heterocycles. The SMILES string of the molecule is CCCCCC(N)(N)C(=O)c1ncc[nH]1. The maximum atomic E-state index is 11.8. The van der Waals surface area contributed by atoms with E-state index in [9.17, 15) is 4.79 Å². The molecule has 5 heteroatoms. The second kappa shape index (κ2) is 5.04. The van der Waals surface area contributed by atoms with Gasteiger partial charge in [-0.05, 0) is 12.8 Å². The number of unbranched alkanes of at least 4 members (excludes halogenated alkanes) is 2. The van der Waals surface area contributed by atoms with Crippen molar-refractivity contribution in [1.82, 2.24) is 9.97 Å². The molecule has 84 valence electrons. The van der Waals surface area contributed by atoms with Gasteiger partial charge in [0.1, 0.15) is 5.66 Å². The second-order valence-corrected chi connectivity index (χ2v) is 3.76. The molecule has 1 aromatic rings. The maximum absolute atomic E-state index is 11.8. The molecule has 0 saturated carbocycles. The van der Waals surface area contributed by atoms with Crippen molar-refractivity contribution in [3.05, 3.63) is 18.2 Å². The quantitative estimate of drug-likeness (QED) is 0.367. The molecule has 1 heterocycles. The summed E-state index contributed by atoms with van der Waals surface area (Å²) in [5.41, 5.74) is 10.2. The van der Waals surface area contributed by atoms with Crippen LogP contribution in [0.4, 0.5) is 0 Å². The van der Waals surface area contributed by atoms with Crippen LogP contribution in [0.25, 0.3) is 0 Å². The van der Waals surface area contributed by atoms with Crippen molar-refractivity contribution >= 4 is 5.78 Å². The number of carbonyl (C=O) groups excluding carboxylic acids is 1. The van der Waals surface area contributed by atoms with E-state index in [-0.39, 0.29) is 11.6 Å². The van der Waals surface area contributed by atoms with Gasteiger partial charge in [-0.2, -0.15) is 0 Å². The number of aromatic amines is 1. The third kappa shape index (κ3) is 3.14. The van der Waals surface area contributed by atoms with E-state index in [4.69, 9.17) is 11.5 Å². The molecule has 1 rings (SSSR count). The van der Waals surface area contributed by atoms with Gasteiger partial charge in [-0.25, -0.2) is 4.98 Å². The fourth-order valence-corrected chi connectivity index (χ4v) is 1.39. The highest BCUT2D eigenvalue weighted by molar-refractivity contribution is 5.99. The summed E-state index contributed by atoms with van der Waals surface area (Å²) in [5, 5.41) is 0. The number of nitrogens with one attached hydrogen (secondary N) is 1. The van der Waals surface area contributed by atoms with E-state index in [1.807, 2.05) is 0 Å². The zero-order valence-electron chi connectivity index (χ0n) is 8.99. The first kappa shape index (κ1) is 11.9. The van der Waals surface area contributed by atoms with Crippen LogP contribution in [0.2, 0.25) is 0 Å². The van der Waals surface area contributed by atoms with Gasteiger partial charge in [0.2, 0.25) is 5.78 Å². The predicted molar refractivity (Wildman–Crippen MR) is 58.2 cm³/mol. The van der Waals surface area contributed by atoms with Crippen LogP contribution in [-0.4, -0.2) is 21.4 Å². The Labute approximate surface area is 89.3 Å². The predicted octanol–water partition coefficient (Wildman–Crippen LogP) is 0.786. The number of ketones is 1. The molecule has 0 aliphatic rings. The van der Waals surface area contributed by atoms with Gasteiger partial charge >= 0.3 is 0 Å². The molecule has 0 aliphatic carbocycles. The van der Waals surface area contributed by atoms with Crippen LogP contribution < -0.4 is 11.5 Å². The highest BCUT2D eigenvalue weighted by Crippen LogP contribution is 2.11. The first-order valence-electron chi connectivity index (χ1n) is 5.20. The number of rotatable bonds is 6. The lowest BCUT2D eigenvalue weighted by Crippen LogP contribution is -2.56. The van der Waals surface area contributed by atoms with Crippen molar-refractivity contribution in [2.45, 2.75) is 38.3 Å². The number of hydrogen-bond acceptors (Lipinski definition) is 4. The van der Waals surface area contributed by atoms with Crippen LogP contribution in [0.1, 0.15) is 43.2 Å². The lowest BCUT2D eigenvalue weighted by molar-refractivity contribution is 0.0871. The Morgan fingerprint density at radius 1 is 1.53 bits per heavy atom. The number of nitrogens with two attached hydrogens (primary N) is 2. The Morgan fingerprint density at radius 3 is 2.80 bits per heavy atom. The average molecular weight is 210 g/mol. The first-order valence-corrected chi connectivity index (χ1v) is 5.20. The molecule has 0 unspecified atom stereocenters. The van der Waals surface area contributed by atoms with Gasteiger partial charge < -0.3 is 16.5 Å². The molecule has 15 heavy (non-hydrogen) atoms. The highest BCUT2D eigenvalue weighted by Gasteiger charge is 2.30. The minimum atomic E-state index is -1.30. The minimum absolute atomic E-state index is 0.233. The molecule has 0 aromatic carbocycles. The average Bonchev–Trinajstić information content (AvgIpc) is 2.69. The summed E-state index contributed by atoms with van der Waals surface area (Å²) in [5.74, 6) is -0.0971. The fourth-order valence-electron chi connectivity index (χ4n) is 1.39. The number of imidazole rings is 1. The number of aromatic nitrogens is 2. The van der Waals surface area contributed by atoms with Crippen LogP contribution in [0, 0.1) is 0 Å². The van der Waals surface area contributed by atoms with Gasteiger partial charge in [-0.1, -0.05) is 19.8 Å². The summed E-state index contributed by atoms with van der Waals surface area (Å²) in [4.78, 5) is 18.3. The van der Waals surface area contributed by atoms with Gasteiger partial charge in [-0.3, -0.25) is 4.79 Å². The largest absolute Gasteiger partial charge is 0.342 e. The van der Waals surface area contributed by atoms with Crippen LogP contribution in [-0.2, 0) is 0 Å². The topological polar surface area (TPSA) is 97.8 Å². The van der Waals surface area contributed by atoms with Gasteiger partial charge in [0.15, 0.2) is 5.82 Å². The smallest absolute Gasteiger partial charge is 0.232 e. The van der Waals surface area contributed by atoms with E-state index in [1.165, 1.54) is 6.20 Å². The van der Waals surface area contributed by atoms with E-state index < -0.39 is 5.66 Å². The Balaban J connectivity index is 2.57. The second-order valence-electron chi connectivity index (χ2n) is 3.76. The fraction of sp³-hybridized carbons (Fsp3) is 0.600. The molecular formula is C10H18N4O. The van der Waals surface area contributed by atoms with Crippen LogP contribution in [0.3, 0.4) is 0 Å². The van der Waals surface area contributed by atoms with Crippen molar-refractivity contribution < 1.29 is 4.79 Å². The van der Waals surface area contributed by atoms with E-state index in [2.05, 4.69) is 16.9 Å². The van der Waals surface area contributed by atoms with Gasteiger partial charge in [0.25, 0.3) is 0 Å². The molecule has 0 radical (unpaired) electrons. The molecule has 5 N–H and O–H groups in total. The normalized spacial score (nSPS) is 11.7. The van der Waals surface area contributed by atoms with Gasteiger partial charge in [0.05, 0.1) is 0 Å². The van der Waals surface area contributed by atoms with Crippen molar-refractivity contribution in [3.8, 4) is 0 Å². The molecule has 0 fully saturated rings. The number of Topliss-reactive ketones (excluding diaryl/α,β-unsaturated/α-hetero) is 1. The Morgan fingerprint density at radius 2 is 2.27 bits per heavy atom. The zero-order valence-corrected chi connectivity index (χ0v) is 8.99. The van der Waals surface area contributed by atoms with E-state index >= 15 is 0 Å². The summed E-state index contributed by atoms with van der Waals surface area (Å²) in [6, 6.07) is 0. The van der Waals surface area contributed by atoms with E-state index in [0.717, 1.165) is 19.3 Å². The summed E-state index contributed by atoms with van der Waals surface area (Å²) in [6.45, 7) is 2.09. The van der Waals surface area contributed by atoms with Gasteiger partial charge in [0, 0.05) is 12.4 Å². The number of hydrogen-bond donors (Lipinski definition) is 3. The number of H-pyrrole nitrogens is 1. The van der Waals surface area contributed by atoms with Crippen LogP contribution in [0.5, 0.6) is 0 Å². The molecule has 0 saturated heterocycles. The molecule has 0 spiro atoms. The van der Waals surface area contributed by atoms with Crippen LogP contribution >= 0.6 is 0 Å². The standard InChI is InChI=1S/C10H18N4O/c1-2-3-4-5-10(11,12)8(15)9-13-6-7-14-9/h6-7H,2-5,11-12H2,1H3,(H,13,14). The first-order chi connectivity index (χ1) is 7.08. The lowest BCUT2D eigenvalue weighted by atomic mass is 9.98. The molecule has 0 atom stereocenters. The van der Waals surface area contributed by atoms with Crippen molar-refractivity contribution in [2.24, 2.45) is 11.5 Å². The minimum Gasteiger partial charge on any atom is -0.342 e. The molecule has 0 amide bonds. The third-order valence-corrected chi connectivity index (χ3v) is 2.33. The molecule has 5 nitrogen and oxygen atoms in total. The summed E-state index contributed by atoms with van der Waals surface area (Å²) >= 11 is 0. The number of nitrogens with zero attached hydrogens (tertiary/aromatic N) is 1. The summed E-state index contributed by atoms with van der Waals surface area (Å²) < 4.78 is 0. The molecule has 0 bridgehead atoms. The van der Waals surface area contributed by atoms with Crippen LogP contribution in [0.15, 0.2) is 12.4 Å². The maximum Gasteiger partial charge on any atom is 0.232 e. The van der Waals surface area contributed by atoms with Crippen molar-refractivity contribution in [3.63, 3.8) is 0 Å². The highest BCUT2D eigenvalue weighted by atomic mass is 16.1. The van der Waals surface area contributed by atoms with Crippen molar-refractivity contribution in [1.29, 1.82) is 0 Å². The molecule has 0 aliphatic heterocycles. The third-order valence-electron chi connectivity index (χ3n) is 2.33. The molecular weight excluding hydrogens is 192 g/mol. The monoisotopic (exact) mass is 210 g/mol.